The number of carbonyl (C=O) groups is 1. The molecule has 0 unspecified atom stereocenters. The van der Waals surface area contributed by atoms with Gasteiger partial charge in [0.05, 0.1) is 0 Å². The maximum atomic E-state index is 12.8. The van der Waals surface area contributed by atoms with Crippen molar-refractivity contribution in [2.75, 3.05) is 11.9 Å². The van der Waals surface area contributed by atoms with Gasteiger partial charge >= 0.3 is 142 Å². The van der Waals surface area contributed by atoms with Crippen LogP contribution in [0, 0.1) is 10.2 Å². The third kappa shape index (κ3) is 5.80. The number of anilines is 2. The first-order valence-electron chi connectivity index (χ1n) is 7.63. The Bertz CT molecular complexity index is 804. The molecule has 4 nitrogen and oxygen atoms in total. The Morgan fingerprint density at radius 2 is 1.96 bits per heavy atom. The van der Waals surface area contributed by atoms with Crippen LogP contribution in [-0.4, -0.2) is 27.5 Å². The standard InChI is InChI=1S/C18H15F3N2O2Se/c19-18(20,21)13-5-3-6-14(11-13)23-16-8-2-1-7-15(16)17(24)25-9-4-10-26-12-22/h1-3,5-8,11,23H,4,9-10H2. The molecule has 0 aromatic heterocycles. The molecule has 0 saturated carbocycles. The number of nitrogens with zero attached hydrogens (tertiary/aromatic N) is 1. The molecule has 0 bridgehead atoms. The van der Waals surface area contributed by atoms with Gasteiger partial charge in [-0.15, -0.1) is 0 Å². The van der Waals surface area contributed by atoms with E-state index in [1.54, 1.807) is 18.2 Å². The molecule has 0 spiro atoms. The van der Waals surface area contributed by atoms with Crippen LogP contribution in [0.4, 0.5) is 24.5 Å². The van der Waals surface area contributed by atoms with Gasteiger partial charge in [0.25, 0.3) is 0 Å². The predicted molar refractivity (Wildman–Crippen MR) is 92.2 cm³/mol. The number of nitriles is 1. The fourth-order valence-electron chi connectivity index (χ4n) is 2.12. The van der Waals surface area contributed by atoms with E-state index in [1.807, 2.05) is 0 Å². The second kappa shape index (κ2) is 9.27. The molecule has 0 aliphatic carbocycles. The molecule has 2 aromatic carbocycles. The Labute approximate surface area is 155 Å². The van der Waals surface area contributed by atoms with E-state index in [9.17, 15) is 18.0 Å². The Balaban J connectivity index is 2.09. The van der Waals surface area contributed by atoms with Crippen LogP contribution in [-0.2, 0) is 10.9 Å². The summed E-state index contributed by atoms with van der Waals surface area (Å²) in [5.74, 6) is -0.565. The van der Waals surface area contributed by atoms with Gasteiger partial charge in [-0.2, -0.15) is 13.2 Å². The van der Waals surface area contributed by atoms with E-state index in [0.717, 1.165) is 12.1 Å². The molecule has 1 N–H and O–H groups in total. The van der Waals surface area contributed by atoms with Gasteiger partial charge in [-0.3, -0.25) is 0 Å². The normalized spacial score (nSPS) is 10.8. The molecule has 0 amide bonds. The van der Waals surface area contributed by atoms with Gasteiger partial charge in [-0.25, -0.2) is 0 Å². The summed E-state index contributed by atoms with van der Waals surface area (Å²) < 4.78 is 43.6. The van der Waals surface area contributed by atoms with Crippen molar-refractivity contribution in [2.45, 2.75) is 17.9 Å². The molecule has 2 aromatic rings. The molecule has 0 atom stereocenters. The second-order valence-electron chi connectivity index (χ2n) is 5.18. The second-order valence-corrected chi connectivity index (χ2v) is 7.02. The van der Waals surface area contributed by atoms with Gasteiger partial charge in [-0.05, 0) is 0 Å². The number of alkyl halides is 3. The Morgan fingerprint density at radius 1 is 1.19 bits per heavy atom. The number of halogens is 3. The fraction of sp³-hybridized carbons (Fsp3) is 0.222. The van der Waals surface area contributed by atoms with Gasteiger partial charge in [0, 0.05) is 0 Å². The minimum absolute atomic E-state index is 0.116. The quantitative estimate of drug-likeness (QED) is 0.399. The van der Waals surface area contributed by atoms with Gasteiger partial charge in [0.15, 0.2) is 0 Å². The number of para-hydroxylation sites is 1. The summed E-state index contributed by atoms with van der Waals surface area (Å²) in [7, 11) is 0. The average molecular weight is 427 g/mol. The van der Waals surface area contributed by atoms with E-state index >= 15 is 0 Å². The molecular formula is C18H15F3N2O2Se. The molecule has 0 saturated heterocycles. The van der Waals surface area contributed by atoms with Crippen molar-refractivity contribution >= 4 is 32.3 Å². The molecule has 0 radical (unpaired) electrons. The van der Waals surface area contributed by atoms with Crippen molar-refractivity contribution in [3.8, 4) is 4.97 Å². The zero-order chi connectivity index (χ0) is 19.0. The van der Waals surface area contributed by atoms with Crippen LogP contribution in [0.25, 0.3) is 0 Å². The number of ether oxygens (including phenoxy) is 1. The molecule has 26 heavy (non-hydrogen) atoms. The first kappa shape index (κ1) is 19.8. The molecule has 2 rings (SSSR count). The topological polar surface area (TPSA) is 62.1 Å². The van der Waals surface area contributed by atoms with E-state index in [1.165, 1.54) is 18.2 Å². The SMILES string of the molecule is N#C[Se]CCCOC(=O)c1ccccc1Nc1cccc(C(F)(F)F)c1. The molecule has 0 fully saturated rings. The Hall–Kier alpha value is -2.49. The van der Waals surface area contributed by atoms with Crippen LogP contribution in [0.2, 0.25) is 5.32 Å². The molecule has 8 heteroatoms. The predicted octanol–water partition coefficient (Wildman–Crippen LogP) is 4.60. The summed E-state index contributed by atoms with van der Waals surface area (Å²) in [6, 6.07) is 11.2. The summed E-state index contributed by atoms with van der Waals surface area (Å²) >= 11 is -0.116. The number of carbonyl (C=O) groups excluding carboxylic acids is 1. The van der Waals surface area contributed by atoms with E-state index in [0.29, 0.717) is 17.4 Å². The van der Waals surface area contributed by atoms with Crippen LogP contribution in [0.1, 0.15) is 22.3 Å². The number of benzene rings is 2. The van der Waals surface area contributed by atoms with E-state index < -0.39 is 17.7 Å². The summed E-state index contributed by atoms with van der Waals surface area (Å²) in [4.78, 5) is 14.3. The third-order valence-corrected chi connectivity index (χ3v) is 4.61. The summed E-state index contributed by atoms with van der Waals surface area (Å²) in [6.45, 7) is 0.195. The number of hydrogen-bond donors (Lipinski definition) is 1. The molecule has 0 aliphatic rings. The summed E-state index contributed by atoms with van der Waals surface area (Å²) in [6.07, 6.45) is -3.84. The average Bonchev–Trinajstić information content (AvgIpc) is 2.61. The number of hydrogen-bond acceptors (Lipinski definition) is 4. The van der Waals surface area contributed by atoms with E-state index in [-0.39, 0.29) is 32.8 Å². The van der Waals surface area contributed by atoms with Gasteiger partial charge in [0.1, 0.15) is 0 Å². The van der Waals surface area contributed by atoms with Crippen molar-refractivity contribution in [1.82, 2.24) is 0 Å². The molecular weight excluding hydrogens is 412 g/mol. The van der Waals surface area contributed by atoms with Crippen LogP contribution in [0.15, 0.2) is 48.5 Å². The van der Waals surface area contributed by atoms with Crippen LogP contribution in [0.3, 0.4) is 0 Å². The Morgan fingerprint density at radius 3 is 2.69 bits per heavy atom. The first-order valence-corrected chi connectivity index (χ1v) is 9.70. The Kier molecular flexibility index (Phi) is 7.07. The van der Waals surface area contributed by atoms with Crippen molar-refractivity contribution < 1.29 is 22.7 Å². The molecule has 136 valence electrons. The number of nitrogens with one attached hydrogen (secondary N) is 1. The van der Waals surface area contributed by atoms with Gasteiger partial charge < -0.3 is 0 Å². The van der Waals surface area contributed by atoms with Gasteiger partial charge in [0.2, 0.25) is 0 Å². The number of rotatable bonds is 7. The van der Waals surface area contributed by atoms with Crippen molar-refractivity contribution in [2.24, 2.45) is 0 Å². The fourth-order valence-corrected chi connectivity index (χ4v) is 2.86. The zero-order valence-corrected chi connectivity index (χ0v) is 15.3. The summed E-state index contributed by atoms with van der Waals surface area (Å²) in [5, 5.41) is 12.0. The molecule has 0 heterocycles. The maximum absolute atomic E-state index is 12.8. The summed E-state index contributed by atoms with van der Waals surface area (Å²) in [5.41, 5.74) is 0.0347. The van der Waals surface area contributed by atoms with Crippen molar-refractivity contribution in [3.63, 3.8) is 0 Å². The monoisotopic (exact) mass is 428 g/mol. The van der Waals surface area contributed by atoms with Gasteiger partial charge in [-0.1, -0.05) is 0 Å². The molecule has 0 aliphatic heterocycles. The third-order valence-electron chi connectivity index (χ3n) is 3.30. The first-order chi connectivity index (χ1) is 12.4. The van der Waals surface area contributed by atoms with Crippen molar-refractivity contribution in [3.05, 3.63) is 59.7 Å². The number of esters is 1. The van der Waals surface area contributed by atoms with Crippen LogP contribution >= 0.6 is 0 Å². The van der Waals surface area contributed by atoms with Crippen LogP contribution in [0.5, 0.6) is 0 Å². The van der Waals surface area contributed by atoms with E-state index in [4.69, 9.17) is 10.00 Å². The van der Waals surface area contributed by atoms with Crippen LogP contribution < -0.4 is 5.32 Å². The van der Waals surface area contributed by atoms with E-state index in [2.05, 4.69) is 10.3 Å². The van der Waals surface area contributed by atoms with Crippen molar-refractivity contribution in [1.29, 1.82) is 5.26 Å². The minimum atomic E-state index is -4.44. The zero-order valence-electron chi connectivity index (χ0n) is 13.5.